The van der Waals surface area contributed by atoms with E-state index in [9.17, 15) is 9.59 Å². The fourth-order valence-electron chi connectivity index (χ4n) is 5.02. The summed E-state index contributed by atoms with van der Waals surface area (Å²) in [5.74, 6) is 0. The van der Waals surface area contributed by atoms with Gasteiger partial charge in [0.1, 0.15) is 4.83 Å². The topological polar surface area (TPSA) is 58.4 Å². The molecule has 1 fully saturated rings. The predicted molar refractivity (Wildman–Crippen MR) is 129 cm³/mol. The molecule has 8 heteroatoms. The van der Waals surface area contributed by atoms with Gasteiger partial charge in [0.2, 0.25) is 6.41 Å². The molecule has 0 spiro atoms. The SMILES string of the molecule is O=CN1CCCN(C2CCc3c(sc4ncn(CCc5ccccc5Cl)c(=O)c34)C2)CC1. The van der Waals surface area contributed by atoms with Gasteiger partial charge in [0, 0.05) is 48.7 Å². The van der Waals surface area contributed by atoms with Crippen molar-refractivity contribution in [2.75, 3.05) is 26.2 Å². The average molecular weight is 471 g/mol. The fourth-order valence-corrected chi connectivity index (χ4v) is 6.50. The predicted octanol–water partition coefficient (Wildman–Crippen LogP) is 3.38. The van der Waals surface area contributed by atoms with Gasteiger partial charge < -0.3 is 4.90 Å². The summed E-state index contributed by atoms with van der Waals surface area (Å²) in [7, 11) is 0. The molecule has 1 aliphatic carbocycles. The smallest absolute Gasteiger partial charge is 0.262 e. The van der Waals surface area contributed by atoms with Crippen LogP contribution < -0.4 is 5.56 Å². The van der Waals surface area contributed by atoms with E-state index in [1.54, 1.807) is 22.2 Å². The fraction of sp³-hybridized carbons (Fsp3) is 0.458. The first kappa shape index (κ1) is 21.6. The van der Waals surface area contributed by atoms with E-state index in [0.29, 0.717) is 19.0 Å². The highest BCUT2D eigenvalue weighted by molar-refractivity contribution is 7.18. The molecule has 0 saturated carbocycles. The Hall–Kier alpha value is -2.22. The largest absolute Gasteiger partial charge is 0.344 e. The zero-order valence-corrected chi connectivity index (χ0v) is 19.6. The number of aryl methyl sites for hydroxylation is 3. The molecular formula is C24H27ClN4O2S. The Morgan fingerprint density at radius 2 is 2.06 bits per heavy atom. The van der Waals surface area contributed by atoms with Crippen LogP contribution in [0, 0.1) is 0 Å². The molecular weight excluding hydrogens is 444 g/mol. The number of hydrogen-bond donors (Lipinski definition) is 0. The number of hydrogen-bond acceptors (Lipinski definition) is 5. The van der Waals surface area contributed by atoms with Crippen molar-refractivity contribution in [3.8, 4) is 0 Å². The van der Waals surface area contributed by atoms with Crippen molar-refractivity contribution >= 4 is 39.6 Å². The van der Waals surface area contributed by atoms with Crippen molar-refractivity contribution < 1.29 is 4.79 Å². The Morgan fingerprint density at radius 1 is 1.19 bits per heavy atom. The number of fused-ring (bicyclic) bond motifs is 3. The van der Waals surface area contributed by atoms with Crippen LogP contribution >= 0.6 is 22.9 Å². The first-order valence-electron chi connectivity index (χ1n) is 11.3. The minimum Gasteiger partial charge on any atom is -0.344 e. The third kappa shape index (κ3) is 4.21. The molecule has 3 heterocycles. The third-order valence-electron chi connectivity index (χ3n) is 6.82. The van der Waals surface area contributed by atoms with Gasteiger partial charge in [0.05, 0.1) is 11.7 Å². The number of rotatable bonds is 5. The van der Waals surface area contributed by atoms with Gasteiger partial charge in [-0.3, -0.25) is 19.1 Å². The van der Waals surface area contributed by atoms with E-state index >= 15 is 0 Å². The lowest BCUT2D eigenvalue weighted by atomic mass is 9.92. The molecule has 2 aliphatic rings. The Kier molecular flexibility index (Phi) is 6.31. The minimum absolute atomic E-state index is 0.0643. The highest BCUT2D eigenvalue weighted by atomic mass is 35.5. The Morgan fingerprint density at radius 3 is 2.91 bits per heavy atom. The minimum atomic E-state index is 0.0643. The summed E-state index contributed by atoms with van der Waals surface area (Å²) in [6.45, 7) is 4.17. The molecule has 0 bridgehead atoms. The Labute approximate surface area is 196 Å². The van der Waals surface area contributed by atoms with Crippen molar-refractivity contribution in [3.05, 3.63) is 62.0 Å². The van der Waals surface area contributed by atoms with Crippen molar-refractivity contribution in [1.82, 2.24) is 19.4 Å². The van der Waals surface area contributed by atoms with E-state index in [0.717, 1.165) is 79.1 Å². The molecule has 1 saturated heterocycles. The molecule has 1 unspecified atom stereocenters. The maximum absolute atomic E-state index is 13.3. The number of aromatic nitrogens is 2. The summed E-state index contributed by atoms with van der Waals surface area (Å²) in [6, 6.07) is 8.25. The molecule has 2 aromatic heterocycles. The van der Waals surface area contributed by atoms with Gasteiger partial charge in [0.15, 0.2) is 0 Å². The van der Waals surface area contributed by atoms with E-state index in [-0.39, 0.29) is 5.56 Å². The lowest BCUT2D eigenvalue weighted by Crippen LogP contribution is -2.41. The van der Waals surface area contributed by atoms with E-state index in [1.807, 2.05) is 29.2 Å². The number of benzene rings is 1. The molecule has 1 aliphatic heterocycles. The quantitative estimate of drug-likeness (QED) is 0.536. The molecule has 168 valence electrons. The summed E-state index contributed by atoms with van der Waals surface area (Å²) in [5.41, 5.74) is 2.31. The van der Waals surface area contributed by atoms with Crippen LogP contribution in [0.5, 0.6) is 0 Å². The number of amides is 1. The lowest BCUT2D eigenvalue weighted by molar-refractivity contribution is -0.118. The second kappa shape index (κ2) is 9.33. The zero-order chi connectivity index (χ0) is 22.1. The van der Waals surface area contributed by atoms with Crippen LogP contribution in [0.1, 0.15) is 28.8 Å². The van der Waals surface area contributed by atoms with Crippen LogP contribution in [-0.2, 0) is 30.6 Å². The second-order valence-corrected chi connectivity index (χ2v) is 10.2. The standard InChI is InChI=1S/C24H27ClN4O2S/c25-20-5-2-1-4-17(20)8-11-29-15-26-23-22(24(29)31)19-7-6-18(14-21(19)32-23)28-10-3-9-27(16-30)12-13-28/h1-2,4-5,15-16,18H,3,6-14H2. The van der Waals surface area contributed by atoms with Crippen molar-refractivity contribution in [2.24, 2.45) is 0 Å². The van der Waals surface area contributed by atoms with E-state index < -0.39 is 0 Å². The maximum Gasteiger partial charge on any atom is 0.262 e. The molecule has 32 heavy (non-hydrogen) atoms. The Bertz CT molecular complexity index is 1190. The summed E-state index contributed by atoms with van der Waals surface area (Å²) in [5, 5.41) is 1.55. The van der Waals surface area contributed by atoms with Gasteiger partial charge in [-0.2, -0.15) is 0 Å². The van der Waals surface area contributed by atoms with Gasteiger partial charge in [-0.25, -0.2) is 4.98 Å². The number of thiophene rings is 1. The average Bonchev–Trinajstić information content (AvgIpc) is 3.01. The third-order valence-corrected chi connectivity index (χ3v) is 8.35. The molecule has 0 N–H and O–H groups in total. The summed E-state index contributed by atoms with van der Waals surface area (Å²) < 4.78 is 1.73. The van der Waals surface area contributed by atoms with E-state index in [1.165, 1.54) is 10.4 Å². The van der Waals surface area contributed by atoms with Crippen molar-refractivity contribution in [3.63, 3.8) is 0 Å². The van der Waals surface area contributed by atoms with Gasteiger partial charge in [0.25, 0.3) is 5.56 Å². The van der Waals surface area contributed by atoms with Gasteiger partial charge in [-0.05, 0) is 49.3 Å². The van der Waals surface area contributed by atoms with Gasteiger partial charge >= 0.3 is 0 Å². The van der Waals surface area contributed by atoms with Crippen LogP contribution in [0.4, 0.5) is 0 Å². The number of halogens is 1. The first-order valence-corrected chi connectivity index (χ1v) is 12.5. The number of carbonyl (C=O) groups is 1. The second-order valence-electron chi connectivity index (χ2n) is 8.70. The number of nitrogens with zero attached hydrogens (tertiary/aromatic N) is 4. The van der Waals surface area contributed by atoms with Crippen molar-refractivity contribution in [2.45, 2.75) is 44.7 Å². The number of carbonyl (C=O) groups excluding carboxylic acids is 1. The molecule has 5 rings (SSSR count). The molecule has 6 nitrogen and oxygen atoms in total. The highest BCUT2D eigenvalue weighted by Crippen LogP contribution is 2.35. The monoisotopic (exact) mass is 470 g/mol. The molecule has 0 radical (unpaired) electrons. The highest BCUT2D eigenvalue weighted by Gasteiger charge is 2.29. The van der Waals surface area contributed by atoms with Crippen LogP contribution in [-0.4, -0.2) is 58.0 Å². The molecule has 1 atom stereocenters. The maximum atomic E-state index is 13.3. The van der Waals surface area contributed by atoms with Crippen molar-refractivity contribution in [1.29, 1.82) is 0 Å². The van der Waals surface area contributed by atoms with E-state index in [2.05, 4.69) is 9.88 Å². The normalized spacial score (nSPS) is 19.7. The molecule has 1 aromatic carbocycles. The summed E-state index contributed by atoms with van der Waals surface area (Å²) in [4.78, 5) is 35.7. The summed E-state index contributed by atoms with van der Waals surface area (Å²) in [6.07, 6.45) is 7.31. The summed E-state index contributed by atoms with van der Waals surface area (Å²) >= 11 is 7.96. The van der Waals surface area contributed by atoms with E-state index in [4.69, 9.17) is 11.6 Å². The zero-order valence-electron chi connectivity index (χ0n) is 18.0. The lowest BCUT2D eigenvalue weighted by Gasteiger charge is -2.33. The van der Waals surface area contributed by atoms with Crippen LogP contribution in [0.25, 0.3) is 10.2 Å². The van der Waals surface area contributed by atoms with Crippen LogP contribution in [0.3, 0.4) is 0 Å². The molecule has 1 amide bonds. The van der Waals surface area contributed by atoms with Gasteiger partial charge in [-0.15, -0.1) is 11.3 Å². The first-order chi connectivity index (χ1) is 15.6. The molecule has 3 aromatic rings. The van der Waals surface area contributed by atoms with Crippen LogP contribution in [0.2, 0.25) is 5.02 Å². The van der Waals surface area contributed by atoms with Gasteiger partial charge in [-0.1, -0.05) is 29.8 Å². The Balaban J connectivity index is 1.35. The van der Waals surface area contributed by atoms with Crippen LogP contribution in [0.15, 0.2) is 35.4 Å².